The number of benzene rings is 1. The largest absolute Gasteiger partial charge is 0.463 e. The van der Waals surface area contributed by atoms with E-state index in [1.165, 1.54) is 11.2 Å². The van der Waals surface area contributed by atoms with Gasteiger partial charge in [-0.2, -0.15) is 0 Å². The van der Waals surface area contributed by atoms with E-state index in [2.05, 4.69) is 17.8 Å². The lowest BCUT2D eigenvalue weighted by molar-refractivity contribution is 0.488. The van der Waals surface area contributed by atoms with Crippen molar-refractivity contribution in [3.05, 3.63) is 43.3 Å². The monoisotopic (exact) mass is 217 g/mol. The Hall–Kier alpha value is -1.48. The molecule has 0 amide bonds. The van der Waals surface area contributed by atoms with Crippen LogP contribution in [-0.2, 0) is 0 Å². The maximum atomic E-state index is 5.31. The second kappa shape index (κ2) is 4.36. The highest BCUT2D eigenvalue weighted by molar-refractivity contribution is 7.98. The summed E-state index contributed by atoms with van der Waals surface area (Å²) in [6, 6.07) is 7.93. The number of aromatic nitrogens is 1. The second-order valence-corrected chi connectivity index (χ2v) is 3.80. The van der Waals surface area contributed by atoms with E-state index < -0.39 is 0 Å². The molecule has 1 heterocycles. The Morgan fingerprint density at radius 2 is 2.27 bits per heavy atom. The Morgan fingerprint density at radius 1 is 1.40 bits per heavy atom. The first-order valence-electron chi connectivity index (χ1n) is 4.56. The number of thioether (sulfide) groups is 1. The minimum atomic E-state index is 0.749. The Bertz CT molecular complexity index is 496. The van der Waals surface area contributed by atoms with Gasteiger partial charge in [0.1, 0.15) is 5.52 Å². The molecule has 0 atom stereocenters. The van der Waals surface area contributed by atoms with Crippen molar-refractivity contribution < 1.29 is 4.74 Å². The zero-order chi connectivity index (χ0) is 10.7. The molecule has 0 aliphatic heterocycles. The van der Waals surface area contributed by atoms with Gasteiger partial charge in [0.25, 0.3) is 0 Å². The van der Waals surface area contributed by atoms with Crippen LogP contribution in [0.3, 0.4) is 0 Å². The summed E-state index contributed by atoms with van der Waals surface area (Å²) in [5.41, 5.74) is 0.879. The molecule has 0 fully saturated rings. The van der Waals surface area contributed by atoms with E-state index in [4.69, 9.17) is 4.74 Å². The summed E-state index contributed by atoms with van der Waals surface area (Å²) in [5, 5.41) is 1.12. The zero-order valence-electron chi connectivity index (χ0n) is 8.43. The number of ether oxygens (including phenoxy) is 1. The Labute approximate surface area is 93.0 Å². The summed E-state index contributed by atoms with van der Waals surface area (Å²) in [6.45, 7) is 3.55. The van der Waals surface area contributed by atoms with E-state index in [1.54, 1.807) is 18.0 Å². The topological polar surface area (TPSA) is 22.1 Å². The van der Waals surface area contributed by atoms with E-state index in [9.17, 15) is 0 Å². The van der Waals surface area contributed by atoms with Crippen molar-refractivity contribution in [3.8, 4) is 5.75 Å². The lowest BCUT2D eigenvalue weighted by atomic mass is 10.2. The van der Waals surface area contributed by atoms with E-state index in [0.29, 0.717) is 0 Å². The normalized spacial score (nSPS) is 10.2. The highest BCUT2D eigenvalue weighted by Gasteiger charge is 2.06. The molecule has 1 aromatic carbocycles. The zero-order valence-corrected chi connectivity index (χ0v) is 9.25. The van der Waals surface area contributed by atoms with Gasteiger partial charge in [-0.15, -0.1) is 11.8 Å². The molecule has 0 N–H and O–H groups in total. The molecule has 2 nitrogen and oxygen atoms in total. The third kappa shape index (κ3) is 1.83. The molecule has 0 saturated carbocycles. The van der Waals surface area contributed by atoms with Crippen LogP contribution in [0.5, 0.6) is 5.75 Å². The van der Waals surface area contributed by atoms with E-state index in [1.807, 2.05) is 24.3 Å². The van der Waals surface area contributed by atoms with Crippen LogP contribution in [-0.4, -0.2) is 11.2 Å². The molecule has 1 aromatic heterocycles. The van der Waals surface area contributed by atoms with Gasteiger partial charge in [0.15, 0.2) is 5.75 Å². The SMILES string of the molecule is C=COc1ccc(SC)c2cccnc12. The van der Waals surface area contributed by atoms with Gasteiger partial charge in [0.2, 0.25) is 0 Å². The van der Waals surface area contributed by atoms with E-state index >= 15 is 0 Å². The summed E-state index contributed by atoms with van der Waals surface area (Å²) in [4.78, 5) is 5.53. The molecule has 2 aromatic rings. The summed E-state index contributed by atoms with van der Waals surface area (Å²) in [6.07, 6.45) is 5.24. The van der Waals surface area contributed by atoms with Crippen LogP contribution in [0.25, 0.3) is 10.9 Å². The molecular formula is C12H11NOS. The third-order valence-corrected chi connectivity index (χ3v) is 2.92. The Kier molecular flexibility index (Phi) is 2.92. The molecular weight excluding hydrogens is 206 g/mol. The van der Waals surface area contributed by atoms with Crippen molar-refractivity contribution in [3.63, 3.8) is 0 Å². The van der Waals surface area contributed by atoms with Crippen LogP contribution >= 0.6 is 11.8 Å². The highest BCUT2D eigenvalue weighted by atomic mass is 32.2. The minimum Gasteiger partial charge on any atom is -0.463 e. The molecule has 0 aliphatic rings. The molecule has 0 bridgehead atoms. The number of fused-ring (bicyclic) bond motifs is 1. The first-order valence-corrected chi connectivity index (χ1v) is 5.78. The molecule has 15 heavy (non-hydrogen) atoms. The molecule has 0 spiro atoms. The van der Waals surface area contributed by atoms with E-state index in [-0.39, 0.29) is 0 Å². The van der Waals surface area contributed by atoms with Crippen molar-refractivity contribution in [1.29, 1.82) is 0 Å². The second-order valence-electron chi connectivity index (χ2n) is 2.95. The molecule has 2 rings (SSSR count). The van der Waals surface area contributed by atoms with Crippen molar-refractivity contribution in [2.24, 2.45) is 0 Å². The smallest absolute Gasteiger partial charge is 0.152 e. The summed E-state index contributed by atoms with van der Waals surface area (Å²) in [7, 11) is 0. The van der Waals surface area contributed by atoms with Crippen molar-refractivity contribution in [2.75, 3.05) is 6.26 Å². The van der Waals surface area contributed by atoms with Crippen LogP contribution in [0, 0.1) is 0 Å². The summed E-state index contributed by atoms with van der Waals surface area (Å²) in [5.74, 6) is 0.749. The lowest BCUT2D eigenvalue weighted by Crippen LogP contribution is -1.87. The first kappa shape index (κ1) is 10.1. The van der Waals surface area contributed by atoms with Crippen LogP contribution in [0.15, 0.2) is 48.2 Å². The van der Waals surface area contributed by atoms with Crippen LogP contribution in [0.1, 0.15) is 0 Å². The lowest BCUT2D eigenvalue weighted by Gasteiger charge is -2.07. The van der Waals surface area contributed by atoms with Crippen LogP contribution in [0.2, 0.25) is 0 Å². The predicted molar refractivity (Wildman–Crippen MR) is 64.3 cm³/mol. The van der Waals surface area contributed by atoms with Gasteiger partial charge in [-0.25, -0.2) is 0 Å². The number of nitrogens with zero attached hydrogens (tertiary/aromatic N) is 1. The van der Waals surface area contributed by atoms with Crippen molar-refractivity contribution in [2.45, 2.75) is 4.90 Å². The maximum Gasteiger partial charge on any atom is 0.152 e. The minimum absolute atomic E-state index is 0.749. The fourth-order valence-electron chi connectivity index (χ4n) is 1.48. The van der Waals surface area contributed by atoms with Gasteiger partial charge in [-0.1, -0.05) is 12.6 Å². The Morgan fingerprint density at radius 3 is 3.00 bits per heavy atom. The quantitative estimate of drug-likeness (QED) is 0.580. The predicted octanol–water partition coefficient (Wildman–Crippen LogP) is 3.48. The number of hydrogen-bond acceptors (Lipinski definition) is 3. The number of hydrogen-bond donors (Lipinski definition) is 0. The standard InChI is InChI=1S/C12H11NOS/c1-3-14-10-6-7-11(15-2)9-5-4-8-13-12(9)10/h3-8H,1H2,2H3. The first-order chi connectivity index (χ1) is 7.36. The van der Waals surface area contributed by atoms with Gasteiger partial charge >= 0.3 is 0 Å². The maximum absolute atomic E-state index is 5.31. The molecule has 0 aliphatic carbocycles. The van der Waals surface area contributed by atoms with Gasteiger partial charge in [0, 0.05) is 16.5 Å². The molecule has 3 heteroatoms. The van der Waals surface area contributed by atoms with Gasteiger partial charge < -0.3 is 4.74 Å². The number of rotatable bonds is 3. The van der Waals surface area contributed by atoms with Crippen LogP contribution < -0.4 is 4.74 Å². The number of pyridine rings is 1. The van der Waals surface area contributed by atoms with Crippen molar-refractivity contribution >= 4 is 22.7 Å². The van der Waals surface area contributed by atoms with Crippen LogP contribution in [0.4, 0.5) is 0 Å². The van der Waals surface area contributed by atoms with Gasteiger partial charge in [-0.05, 0) is 24.5 Å². The molecule has 76 valence electrons. The highest BCUT2D eigenvalue weighted by Crippen LogP contribution is 2.31. The van der Waals surface area contributed by atoms with Crippen molar-refractivity contribution in [1.82, 2.24) is 4.98 Å². The molecule has 0 unspecified atom stereocenters. The van der Waals surface area contributed by atoms with Gasteiger partial charge in [-0.3, -0.25) is 4.98 Å². The van der Waals surface area contributed by atoms with Gasteiger partial charge in [0.05, 0.1) is 6.26 Å². The Balaban J connectivity index is 2.71. The fourth-order valence-corrected chi connectivity index (χ4v) is 2.07. The third-order valence-electron chi connectivity index (χ3n) is 2.12. The summed E-state index contributed by atoms with van der Waals surface area (Å²) >= 11 is 1.70. The molecule has 0 radical (unpaired) electrons. The summed E-state index contributed by atoms with van der Waals surface area (Å²) < 4.78 is 5.31. The average molecular weight is 217 g/mol. The molecule has 0 saturated heterocycles. The van der Waals surface area contributed by atoms with E-state index in [0.717, 1.165) is 16.7 Å². The average Bonchev–Trinajstić information content (AvgIpc) is 2.30. The fraction of sp³-hybridized carbons (Fsp3) is 0.0833.